The van der Waals surface area contributed by atoms with Gasteiger partial charge in [-0.05, 0) is 31.0 Å². The zero-order valence-electron chi connectivity index (χ0n) is 9.56. The second-order valence-corrected chi connectivity index (χ2v) is 4.24. The van der Waals surface area contributed by atoms with Crippen molar-refractivity contribution in [3.8, 4) is 11.5 Å². The highest BCUT2D eigenvalue weighted by Crippen LogP contribution is 2.46. The van der Waals surface area contributed by atoms with Gasteiger partial charge in [0.2, 0.25) is 0 Å². The number of aliphatic hydroxyl groups is 1. The number of benzene rings is 1. The maximum Gasteiger partial charge on any atom is 0.125 e. The van der Waals surface area contributed by atoms with Crippen molar-refractivity contribution in [3.63, 3.8) is 0 Å². The molecule has 88 valence electrons. The topological polar surface area (TPSA) is 64.7 Å². The Morgan fingerprint density at radius 2 is 2.00 bits per heavy atom. The molecule has 16 heavy (non-hydrogen) atoms. The van der Waals surface area contributed by atoms with E-state index in [1.54, 1.807) is 32.4 Å². The quantitative estimate of drug-likeness (QED) is 0.805. The zero-order valence-corrected chi connectivity index (χ0v) is 9.56. The van der Waals surface area contributed by atoms with Gasteiger partial charge in [-0.25, -0.2) is 0 Å². The van der Waals surface area contributed by atoms with Gasteiger partial charge in [0.25, 0.3) is 0 Å². The number of ether oxygens (including phenoxy) is 2. The average Bonchev–Trinajstić information content (AvgIpc) is 3.06. The van der Waals surface area contributed by atoms with Crippen LogP contribution in [0.4, 0.5) is 0 Å². The molecule has 4 heteroatoms. The van der Waals surface area contributed by atoms with Gasteiger partial charge < -0.3 is 20.3 Å². The fourth-order valence-corrected chi connectivity index (χ4v) is 1.78. The molecule has 0 bridgehead atoms. The molecule has 3 N–H and O–H groups in total. The molecule has 0 aliphatic heterocycles. The largest absolute Gasteiger partial charge is 0.497 e. The number of hydrogen-bond donors (Lipinski definition) is 2. The predicted molar refractivity (Wildman–Crippen MR) is 60.7 cm³/mol. The lowest BCUT2D eigenvalue weighted by atomic mass is 10.00. The Bertz CT molecular complexity index is 388. The van der Waals surface area contributed by atoms with Crippen molar-refractivity contribution in [3.05, 3.63) is 23.8 Å². The zero-order chi connectivity index (χ0) is 11.8. The summed E-state index contributed by atoms with van der Waals surface area (Å²) in [5.41, 5.74) is 6.20. The molecule has 1 aliphatic carbocycles. The van der Waals surface area contributed by atoms with Crippen LogP contribution >= 0.6 is 0 Å². The summed E-state index contributed by atoms with van der Waals surface area (Å²) in [4.78, 5) is 0. The second-order valence-electron chi connectivity index (χ2n) is 4.24. The predicted octanol–water partition coefficient (Wildman–Crippen LogP) is 1.23. The van der Waals surface area contributed by atoms with Crippen LogP contribution in [-0.2, 0) is 0 Å². The van der Waals surface area contributed by atoms with Crippen molar-refractivity contribution in [1.29, 1.82) is 0 Å². The van der Waals surface area contributed by atoms with E-state index in [0.29, 0.717) is 17.1 Å². The lowest BCUT2D eigenvalue weighted by Crippen LogP contribution is -2.30. The Balaban J connectivity index is 2.36. The highest BCUT2D eigenvalue weighted by atomic mass is 16.5. The molecular weight excluding hydrogens is 206 g/mol. The number of aliphatic hydroxyl groups excluding tert-OH is 1. The summed E-state index contributed by atoms with van der Waals surface area (Å²) in [6.07, 6.45) is 0.987. The molecule has 1 aromatic rings. The Kier molecular flexibility index (Phi) is 2.78. The molecule has 1 fully saturated rings. The van der Waals surface area contributed by atoms with Crippen LogP contribution in [0.25, 0.3) is 0 Å². The van der Waals surface area contributed by atoms with Crippen LogP contribution in [0, 0.1) is 0 Å². The Hall–Kier alpha value is -1.26. The van der Waals surface area contributed by atoms with Crippen LogP contribution in [0.15, 0.2) is 18.2 Å². The van der Waals surface area contributed by atoms with Crippen LogP contribution in [0.2, 0.25) is 0 Å². The van der Waals surface area contributed by atoms with Gasteiger partial charge in [0.15, 0.2) is 0 Å². The van der Waals surface area contributed by atoms with Gasteiger partial charge in [-0.15, -0.1) is 0 Å². The van der Waals surface area contributed by atoms with Crippen molar-refractivity contribution in [2.75, 3.05) is 14.2 Å². The molecule has 1 aliphatic rings. The summed E-state index contributed by atoms with van der Waals surface area (Å²) in [7, 11) is 3.17. The lowest BCUT2D eigenvalue weighted by Gasteiger charge is -2.20. The minimum Gasteiger partial charge on any atom is -0.497 e. The van der Waals surface area contributed by atoms with E-state index >= 15 is 0 Å². The Labute approximate surface area is 95.0 Å². The Morgan fingerprint density at radius 1 is 1.31 bits per heavy atom. The minimum atomic E-state index is -0.697. The minimum absolute atomic E-state index is 0.486. The van der Waals surface area contributed by atoms with Gasteiger partial charge in [-0.2, -0.15) is 0 Å². The molecule has 0 saturated heterocycles. The van der Waals surface area contributed by atoms with Crippen molar-refractivity contribution in [1.82, 2.24) is 0 Å². The molecule has 1 atom stereocenters. The van der Waals surface area contributed by atoms with E-state index in [0.717, 1.165) is 12.8 Å². The molecule has 0 spiro atoms. The molecule has 0 radical (unpaired) electrons. The van der Waals surface area contributed by atoms with Gasteiger partial charge in [-0.3, -0.25) is 0 Å². The smallest absolute Gasteiger partial charge is 0.125 e. The molecule has 0 amide bonds. The first-order chi connectivity index (χ1) is 7.60. The van der Waals surface area contributed by atoms with Crippen LogP contribution in [0.5, 0.6) is 11.5 Å². The first-order valence-electron chi connectivity index (χ1n) is 5.29. The fraction of sp³-hybridized carbons (Fsp3) is 0.500. The third kappa shape index (κ3) is 1.86. The van der Waals surface area contributed by atoms with E-state index in [9.17, 15) is 5.11 Å². The van der Waals surface area contributed by atoms with Crippen LogP contribution in [0.3, 0.4) is 0 Å². The summed E-state index contributed by atoms with van der Waals surface area (Å²) in [5, 5.41) is 10.2. The number of methoxy groups -OCH3 is 2. The van der Waals surface area contributed by atoms with Crippen LogP contribution in [-0.4, -0.2) is 24.9 Å². The first-order valence-corrected chi connectivity index (χ1v) is 5.29. The van der Waals surface area contributed by atoms with Crippen molar-refractivity contribution in [2.45, 2.75) is 24.5 Å². The normalized spacial score (nSPS) is 19.0. The van der Waals surface area contributed by atoms with Gasteiger partial charge in [0.05, 0.1) is 14.2 Å². The van der Waals surface area contributed by atoms with Gasteiger partial charge in [0, 0.05) is 11.1 Å². The second kappa shape index (κ2) is 3.96. The maximum absolute atomic E-state index is 10.2. The van der Waals surface area contributed by atoms with Crippen molar-refractivity contribution < 1.29 is 14.6 Å². The molecule has 2 rings (SSSR count). The van der Waals surface area contributed by atoms with Crippen LogP contribution in [0.1, 0.15) is 24.5 Å². The molecule has 1 saturated carbocycles. The van der Waals surface area contributed by atoms with Crippen molar-refractivity contribution in [2.24, 2.45) is 5.73 Å². The molecule has 4 nitrogen and oxygen atoms in total. The molecule has 1 aromatic carbocycles. The lowest BCUT2D eigenvalue weighted by molar-refractivity contribution is 0.132. The highest BCUT2D eigenvalue weighted by molar-refractivity contribution is 5.43. The van der Waals surface area contributed by atoms with E-state index in [1.165, 1.54) is 0 Å². The molecular formula is C12H17NO3. The van der Waals surface area contributed by atoms with E-state index in [-0.39, 0.29) is 0 Å². The Morgan fingerprint density at radius 3 is 2.50 bits per heavy atom. The maximum atomic E-state index is 10.2. The first kappa shape index (κ1) is 11.2. The summed E-state index contributed by atoms with van der Waals surface area (Å²) in [6.45, 7) is 0. The molecule has 0 heterocycles. The van der Waals surface area contributed by atoms with E-state index in [1.807, 2.05) is 0 Å². The van der Waals surface area contributed by atoms with E-state index in [2.05, 4.69) is 0 Å². The standard InChI is InChI=1S/C12H17NO3/c1-15-8-3-4-10(16-2)9(7-8)11(14)12(13)5-6-12/h3-4,7,11,14H,5-6,13H2,1-2H3. The number of rotatable bonds is 4. The number of nitrogens with two attached hydrogens (primary N) is 1. The van der Waals surface area contributed by atoms with Gasteiger partial charge in [-0.1, -0.05) is 0 Å². The van der Waals surface area contributed by atoms with Crippen LogP contribution < -0.4 is 15.2 Å². The SMILES string of the molecule is COc1ccc(OC)c(C(O)C2(N)CC2)c1. The molecule has 0 aromatic heterocycles. The summed E-state index contributed by atoms with van der Waals surface area (Å²) >= 11 is 0. The van der Waals surface area contributed by atoms with Crippen molar-refractivity contribution >= 4 is 0 Å². The van der Waals surface area contributed by atoms with Gasteiger partial charge >= 0.3 is 0 Å². The monoisotopic (exact) mass is 223 g/mol. The third-order valence-electron chi connectivity index (χ3n) is 3.10. The highest BCUT2D eigenvalue weighted by Gasteiger charge is 2.46. The summed E-state index contributed by atoms with van der Waals surface area (Å²) in [5.74, 6) is 1.34. The van der Waals surface area contributed by atoms with E-state index < -0.39 is 11.6 Å². The summed E-state index contributed by atoms with van der Waals surface area (Å²) < 4.78 is 10.3. The average molecular weight is 223 g/mol. The fourth-order valence-electron chi connectivity index (χ4n) is 1.78. The summed E-state index contributed by atoms with van der Waals surface area (Å²) in [6, 6.07) is 5.35. The molecule has 1 unspecified atom stereocenters. The number of hydrogen-bond acceptors (Lipinski definition) is 4. The third-order valence-corrected chi connectivity index (χ3v) is 3.10. The van der Waals surface area contributed by atoms with E-state index in [4.69, 9.17) is 15.2 Å². The van der Waals surface area contributed by atoms with Gasteiger partial charge in [0.1, 0.15) is 17.6 Å².